The van der Waals surface area contributed by atoms with Crippen molar-refractivity contribution in [3.8, 4) is 0 Å². The van der Waals surface area contributed by atoms with Gasteiger partial charge in [0.1, 0.15) is 0 Å². The molecule has 1 aliphatic carbocycles. The Kier molecular flexibility index (Phi) is 4.26. The maximum Gasteiger partial charge on any atom is 0.306 e. The maximum absolute atomic E-state index is 12.9. The summed E-state index contributed by atoms with van der Waals surface area (Å²) in [4.78, 5) is 36.4. The van der Waals surface area contributed by atoms with Crippen LogP contribution in [0.15, 0.2) is 12.1 Å². The minimum absolute atomic E-state index is 0.0144. The number of carbonyl (C=O) groups is 2. The molecule has 1 aromatic carbocycles. The Hall–Kier alpha value is -2.44. The summed E-state index contributed by atoms with van der Waals surface area (Å²) < 4.78 is 0. The zero-order valence-electron chi connectivity index (χ0n) is 13.5. The zero-order chi connectivity index (χ0) is 17.4. The Morgan fingerprint density at radius 3 is 2.67 bits per heavy atom. The quantitative estimate of drug-likeness (QED) is 0.677. The van der Waals surface area contributed by atoms with Crippen molar-refractivity contribution in [2.45, 2.75) is 39.0 Å². The number of nitrogens with zero attached hydrogens (tertiary/aromatic N) is 2. The van der Waals surface area contributed by atoms with Gasteiger partial charge in [0.15, 0.2) is 0 Å². The number of benzene rings is 1. The number of carbonyl (C=O) groups excluding carboxylic acids is 1. The standard InChI is InChI=1S/C17H20N2O5/c1-10-7-11-5-6-18(15(11)9-14(10)19(23)24)16(20)12-3-2-4-13(8-12)17(21)22/h7,9,12-13H,2-6,8H2,1H3,(H,21,22). The minimum Gasteiger partial charge on any atom is -0.481 e. The highest BCUT2D eigenvalue weighted by Crippen LogP contribution is 2.37. The average Bonchev–Trinajstić information content (AvgIpc) is 2.95. The van der Waals surface area contributed by atoms with Gasteiger partial charge in [-0.15, -0.1) is 0 Å². The molecule has 0 spiro atoms. The highest BCUT2D eigenvalue weighted by Gasteiger charge is 2.36. The minimum atomic E-state index is -0.847. The van der Waals surface area contributed by atoms with Crippen LogP contribution in [-0.4, -0.2) is 28.5 Å². The van der Waals surface area contributed by atoms with E-state index in [1.807, 2.05) is 0 Å². The summed E-state index contributed by atoms with van der Waals surface area (Å²) in [7, 11) is 0. The summed E-state index contributed by atoms with van der Waals surface area (Å²) in [6, 6.07) is 3.26. The smallest absolute Gasteiger partial charge is 0.306 e. The molecule has 2 aliphatic rings. The van der Waals surface area contributed by atoms with E-state index >= 15 is 0 Å². The number of rotatable bonds is 3. The topological polar surface area (TPSA) is 101 Å². The summed E-state index contributed by atoms with van der Waals surface area (Å²) in [6.45, 7) is 2.20. The molecule has 2 atom stereocenters. The third-order valence-corrected chi connectivity index (χ3v) is 5.13. The lowest BCUT2D eigenvalue weighted by atomic mass is 9.80. The lowest BCUT2D eigenvalue weighted by Crippen LogP contribution is -2.38. The predicted octanol–water partition coefficient (Wildman–Crippen LogP) is 2.68. The predicted molar refractivity (Wildman–Crippen MR) is 87.0 cm³/mol. The number of nitro groups is 1. The highest BCUT2D eigenvalue weighted by atomic mass is 16.6. The van der Waals surface area contributed by atoms with E-state index in [9.17, 15) is 24.8 Å². The normalized spacial score (nSPS) is 23.0. The number of nitro benzene ring substituents is 1. The Labute approximate surface area is 139 Å². The fourth-order valence-electron chi connectivity index (χ4n) is 3.83. The molecule has 0 radical (unpaired) electrons. The van der Waals surface area contributed by atoms with E-state index in [4.69, 9.17) is 0 Å². The second-order valence-corrected chi connectivity index (χ2v) is 6.66. The second-order valence-electron chi connectivity index (χ2n) is 6.66. The van der Waals surface area contributed by atoms with E-state index in [1.54, 1.807) is 17.9 Å². The van der Waals surface area contributed by atoms with Crippen molar-refractivity contribution in [3.63, 3.8) is 0 Å². The first-order chi connectivity index (χ1) is 11.4. The maximum atomic E-state index is 12.9. The molecule has 24 heavy (non-hydrogen) atoms. The van der Waals surface area contributed by atoms with Crippen LogP contribution in [0.3, 0.4) is 0 Å². The first-order valence-corrected chi connectivity index (χ1v) is 8.20. The summed E-state index contributed by atoms with van der Waals surface area (Å²) >= 11 is 0. The van der Waals surface area contributed by atoms with Crippen molar-refractivity contribution in [1.82, 2.24) is 0 Å². The molecule has 1 amide bonds. The van der Waals surface area contributed by atoms with E-state index in [-0.39, 0.29) is 17.5 Å². The Bertz CT molecular complexity index is 715. The molecular weight excluding hydrogens is 312 g/mol. The van der Waals surface area contributed by atoms with Crippen LogP contribution in [0, 0.1) is 28.9 Å². The summed E-state index contributed by atoms with van der Waals surface area (Å²) in [5.41, 5.74) is 2.16. The van der Waals surface area contributed by atoms with Crippen molar-refractivity contribution in [2.75, 3.05) is 11.4 Å². The number of hydrogen-bond donors (Lipinski definition) is 1. The van der Waals surface area contributed by atoms with Crippen molar-refractivity contribution in [2.24, 2.45) is 11.8 Å². The Balaban J connectivity index is 1.85. The van der Waals surface area contributed by atoms with E-state index in [1.165, 1.54) is 6.07 Å². The van der Waals surface area contributed by atoms with Crippen LogP contribution in [0.2, 0.25) is 0 Å². The highest BCUT2D eigenvalue weighted by molar-refractivity contribution is 5.97. The van der Waals surface area contributed by atoms with E-state index in [0.717, 1.165) is 12.0 Å². The lowest BCUT2D eigenvalue weighted by Gasteiger charge is -2.29. The molecule has 1 heterocycles. The molecule has 1 aliphatic heterocycles. The van der Waals surface area contributed by atoms with E-state index < -0.39 is 16.8 Å². The molecule has 0 bridgehead atoms. The number of aryl methyl sites for hydroxylation is 1. The van der Waals surface area contributed by atoms with Crippen LogP contribution in [0.5, 0.6) is 0 Å². The van der Waals surface area contributed by atoms with E-state index in [0.29, 0.717) is 43.5 Å². The molecule has 1 aromatic rings. The van der Waals surface area contributed by atoms with Crippen LogP contribution in [0.1, 0.15) is 36.8 Å². The van der Waals surface area contributed by atoms with Gasteiger partial charge < -0.3 is 10.0 Å². The van der Waals surface area contributed by atoms with Crippen LogP contribution in [0.4, 0.5) is 11.4 Å². The van der Waals surface area contributed by atoms with Gasteiger partial charge in [-0.2, -0.15) is 0 Å². The van der Waals surface area contributed by atoms with Crippen molar-refractivity contribution < 1.29 is 19.6 Å². The lowest BCUT2D eigenvalue weighted by molar-refractivity contribution is -0.385. The number of fused-ring (bicyclic) bond motifs is 1. The third-order valence-electron chi connectivity index (χ3n) is 5.13. The number of aliphatic carboxylic acids is 1. The molecule has 7 heteroatoms. The average molecular weight is 332 g/mol. The molecular formula is C17H20N2O5. The van der Waals surface area contributed by atoms with Crippen LogP contribution in [-0.2, 0) is 16.0 Å². The van der Waals surface area contributed by atoms with Gasteiger partial charge in [0.25, 0.3) is 5.69 Å². The van der Waals surface area contributed by atoms with Crippen molar-refractivity contribution in [1.29, 1.82) is 0 Å². The third kappa shape index (κ3) is 2.86. The first kappa shape index (κ1) is 16.4. The molecule has 128 valence electrons. The molecule has 0 aromatic heterocycles. The monoisotopic (exact) mass is 332 g/mol. The number of carboxylic acid groups (broad SMARTS) is 1. The van der Waals surface area contributed by atoms with Gasteiger partial charge in [-0.3, -0.25) is 19.7 Å². The summed E-state index contributed by atoms with van der Waals surface area (Å²) in [6.07, 6.45) is 3.05. The molecule has 3 rings (SSSR count). The molecule has 2 unspecified atom stereocenters. The van der Waals surface area contributed by atoms with Crippen molar-refractivity contribution >= 4 is 23.3 Å². The number of hydrogen-bond acceptors (Lipinski definition) is 4. The van der Waals surface area contributed by atoms with Gasteiger partial charge in [0.05, 0.1) is 16.5 Å². The molecule has 1 fully saturated rings. The molecule has 0 saturated heterocycles. The number of anilines is 1. The van der Waals surface area contributed by atoms with Crippen molar-refractivity contribution in [3.05, 3.63) is 33.4 Å². The SMILES string of the molecule is Cc1cc2c(cc1[N+](=O)[O-])N(C(=O)C1CCCC(C(=O)O)C1)CC2. The van der Waals surface area contributed by atoms with Gasteiger partial charge >= 0.3 is 5.97 Å². The van der Waals surface area contributed by atoms with E-state index in [2.05, 4.69) is 0 Å². The first-order valence-electron chi connectivity index (χ1n) is 8.20. The van der Waals surface area contributed by atoms with Gasteiger partial charge in [-0.1, -0.05) is 6.42 Å². The molecule has 1 N–H and O–H groups in total. The Morgan fingerprint density at radius 1 is 1.29 bits per heavy atom. The fraction of sp³-hybridized carbons (Fsp3) is 0.529. The van der Waals surface area contributed by atoms with Gasteiger partial charge in [0, 0.05) is 24.1 Å². The number of amides is 1. The zero-order valence-corrected chi connectivity index (χ0v) is 13.5. The fourth-order valence-corrected chi connectivity index (χ4v) is 3.83. The van der Waals surface area contributed by atoms with Gasteiger partial charge in [-0.25, -0.2) is 0 Å². The largest absolute Gasteiger partial charge is 0.481 e. The van der Waals surface area contributed by atoms with Crippen LogP contribution in [0.25, 0.3) is 0 Å². The molecule has 1 saturated carbocycles. The summed E-state index contributed by atoms with van der Waals surface area (Å²) in [5.74, 6) is -1.73. The van der Waals surface area contributed by atoms with Gasteiger partial charge in [0.2, 0.25) is 5.91 Å². The van der Waals surface area contributed by atoms with Crippen LogP contribution >= 0.6 is 0 Å². The molecule has 7 nitrogen and oxygen atoms in total. The second kappa shape index (κ2) is 6.22. The Morgan fingerprint density at radius 2 is 2.00 bits per heavy atom. The van der Waals surface area contributed by atoms with Gasteiger partial charge in [-0.05, 0) is 44.2 Å². The summed E-state index contributed by atoms with van der Waals surface area (Å²) in [5, 5.41) is 20.3. The van der Waals surface area contributed by atoms with Crippen LogP contribution < -0.4 is 4.90 Å². The number of carboxylic acids is 1.